The SMILES string of the molecule is Cn1c(CCCNC(=O)C2CCCC(N)C2)nc2ccccc21. The third kappa shape index (κ3) is 3.72. The lowest BCUT2D eigenvalue weighted by Gasteiger charge is -2.25. The quantitative estimate of drug-likeness (QED) is 0.831. The molecule has 1 aliphatic rings. The van der Waals surface area contributed by atoms with Crippen LogP contribution >= 0.6 is 0 Å². The smallest absolute Gasteiger partial charge is 0.223 e. The fourth-order valence-electron chi connectivity index (χ4n) is 3.49. The van der Waals surface area contributed by atoms with Crippen molar-refractivity contribution in [2.75, 3.05) is 6.54 Å². The maximum atomic E-state index is 12.2. The molecule has 0 radical (unpaired) electrons. The molecule has 1 saturated carbocycles. The molecule has 2 unspecified atom stereocenters. The number of aromatic nitrogens is 2. The highest BCUT2D eigenvalue weighted by atomic mass is 16.1. The standard InChI is InChI=1S/C18H26N4O/c1-22-16-9-3-2-8-15(16)21-17(22)10-5-11-20-18(23)13-6-4-7-14(19)12-13/h2-3,8-9,13-14H,4-7,10-12,19H2,1H3,(H,20,23). The number of benzene rings is 1. The van der Waals surface area contributed by atoms with Gasteiger partial charge in [-0.2, -0.15) is 0 Å². The molecule has 1 aromatic heterocycles. The van der Waals surface area contributed by atoms with Crippen molar-refractivity contribution in [2.24, 2.45) is 18.7 Å². The predicted molar refractivity (Wildman–Crippen MR) is 92.0 cm³/mol. The molecule has 0 bridgehead atoms. The van der Waals surface area contributed by atoms with Gasteiger partial charge in [0.2, 0.25) is 5.91 Å². The van der Waals surface area contributed by atoms with E-state index in [4.69, 9.17) is 5.73 Å². The number of para-hydroxylation sites is 2. The lowest BCUT2D eigenvalue weighted by Crippen LogP contribution is -2.38. The van der Waals surface area contributed by atoms with Crippen LogP contribution in [0, 0.1) is 5.92 Å². The average Bonchev–Trinajstić information content (AvgIpc) is 2.88. The second-order valence-corrected chi connectivity index (χ2v) is 6.59. The summed E-state index contributed by atoms with van der Waals surface area (Å²) in [7, 11) is 2.05. The lowest BCUT2D eigenvalue weighted by atomic mass is 9.85. The van der Waals surface area contributed by atoms with Crippen molar-refractivity contribution < 1.29 is 4.79 Å². The molecule has 3 rings (SSSR count). The fourth-order valence-corrected chi connectivity index (χ4v) is 3.49. The summed E-state index contributed by atoms with van der Waals surface area (Å²) in [5, 5.41) is 3.06. The summed E-state index contributed by atoms with van der Waals surface area (Å²) >= 11 is 0. The highest BCUT2D eigenvalue weighted by molar-refractivity contribution is 5.78. The average molecular weight is 314 g/mol. The van der Waals surface area contributed by atoms with Crippen LogP contribution in [0.5, 0.6) is 0 Å². The van der Waals surface area contributed by atoms with Gasteiger partial charge in [-0.25, -0.2) is 4.98 Å². The topological polar surface area (TPSA) is 72.9 Å². The maximum absolute atomic E-state index is 12.2. The molecule has 0 saturated heterocycles. The Morgan fingerprint density at radius 1 is 1.39 bits per heavy atom. The molecule has 1 heterocycles. The number of nitrogens with zero attached hydrogens (tertiary/aromatic N) is 2. The van der Waals surface area contributed by atoms with E-state index in [0.717, 1.165) is 55.4 Å². The highest BCUT2D eigenvalue weighted by Crippen LogP contribution is 2.23. The minimum atomic E-state index is 0.106. The molecule has 5 heteroatoms. The van der Waals surface area contributed by atoms with E-state index in [1.54, 1.807) is 0 Å². The van der Waals surface area contributed by atoms with E-state index in [1.807, 2.05) is 25.2 Å². The zero-order valence-electron chi connectivity index (χ0n) is 13.8. The Morgan fingerprint density at radius 2 is 2.22 bits per heavy atom. The minimum absolute atomic E-state index is 0.106. The first-order valence-corrected chi connectivity index (χ1v) is 8.59. The predicted octanol–water partition coefficient (Wildman–Crippen LogP) is 2.14. The number of aryl methyl sites for hydroxylation is 2. The largest absolute Gasteiger partial charge is 0.356 e. The molecule has 1 fully saturated rings. The van der Waals surface area contributed by atoms with Gasteiger partial charge in [-0.05, 0) is 37.8 Å². The zero-order valence-corrected chi connectivity index (χ0v) is 13.8. The Labute approximate surface area is 137 Å². The van der Waals surface area contributed by atoms with Gasteiger partial charge in [0.1, 0.15) is 5.82 Å². The van der Waals surface area contributed by atoms with Crippen molar-refractivity contribution in [3.63, 3.8) is 0 Å². The summed E-state index contributed by atoms with van der Waals surface area (Å²) in [5.74, 6) is 1.35. The summed E-state index contributed by atoms with van der Waals surface area (Å²) < 4.78 is 2.14. The van der Waals surface area contributed by atoms with Crippen LogP contribution < -0.4 is 11.1 Å². The van der Waals surface area contributed by atoms with Crippen LogP contribution in [0.2, 0.25) is 0 Å². The van der Waals surface area contributed by atoms with Gasteiger partial charge in [0.05, 0.1) is 11.0 Å². The molecule has 124 valence electrons. The van der Waals surface area contributed by atoms with Crippen LogP contribution in [-0.4, -0.2) is 28.0 Å². The number of hydrogen-bond donors (Lipinski definition) is 2. The van der Waals surface area contributed by atoms with Crippen molar-refractivity contribution in [3.8, 4) is 0 Å². The number of imidazole rings is 1. The van der Waals surface area contributed by atoms with E-state index in [-0.39, 0.29) is 17.9 Å². The molecule has 23 heavy (non-hydrogen) atoms. The first-order chi connectivity index (χ1) is 11.1. The van der Waals surface area contributed by atoms with Crippen LogP contribution in [0.15, 0.2) is 24.3 Å². The number of nitrogens with one attached hydrogen (secondary N) is 1. The van der Waals surface area contributed by atoms with E-state index in [0.29, 0.717) is 6.54 Å². The summed E-state index contributed by atoms with van der Waals surface area (Å²) in [6, 6.07) is 8.35. The van der Waals surface area contributed by atoms with Crippen molar-refractivity contribution >= 4 is 16.9 Å². The van der Waals surface area contributed by atoms with Crippen LogP contribution in [0.3, 0.4) is 0 Å². The van der Waals surface area contributed by atoms with E-state index < -0.39 is 0 Å². The van der Waals surface area contributed by atoms with Gasteiger partial charge in [0, 0.05) is 32.0 Å². The van der Waals surface area contributed by atoms with Crippen molar-refractivity contribution in [1.82, 2.24) is 14.9 Å². The normalized spacial score (nSPS) is 21.5. The third-order valence-electron chi connectivity index (χ3n) is 4.84. The van der Waals surface area contributed by atoms with Gasteiger partial charge >= 0.3 is 0 Å². The summed E-state index contributed by atoms with van der Waals surface area (Å²) in [5.41, 5.74) is 8.14. The van der Waals surface area contributed by atoms with Gasteiger partial charge < -0.3 is 15.6 Å². The molecule has 2 atom stereocenters. The van der Waals surface area contributed by atoms with E-state index in [1.165, 1.54) is 0 Å². The zero-order chi connectivity index (χ0) is 16.2. The van der Waals surface area contributed by atoms with E-state index >= 15 is 0 Å². The minimum Gasteiger partial charge on any atom is -0.356 e. The van der Waals surface area contributed by atoms with Crippen LogP contribution in [0.4, 0.5) is 0 Å². The Bertz CT molecular complexity index is 679. The summed E-state index contributed by atoms with van der Waals surface area (Å²) in [4.78, 5) is 16.8. The van der Waals surface area contributed by atoms with Crippen LogP contribution in [0.1, 0.15) is 37.9 Å². The number of fused-ring (bicyclic) bond motifs is 1. The van der Waals surface area contributed by atoms with Gasteiger partial charge in [-0.15, -0.1) is 0 Å². The number of hydrogen-bond acceptors (Lipinski definition) is 3. The summed E-state index contributed by atoms with van der Waals surface area (Å²) in [6.07, 6.45) is 5.70. The van der Waals surface area contributed by atoms with E-state index in [9.17, 15) is 4.79 Å². The monoisotopic (exact) mass is 314 g/mol. The van der Waals surface area contributed by atoms with Gasteiger partial charge in [0.15, 0.2) is 0 Å². The third-order valence-corrected chi connectivity index (χ3v) is 4.84. The van der Waals surface area contributed by atoms with Gasteiger partial charge in [-0.1, -0.05) is 18.6 Å². The maximum Gasteiger partial charge on any atom is 0.223 e. The molecular weight excluding hydrogens is 288 g/mol. The highest BCUT2D eigenvalue weighted by Gasteiger charge is 2.24. The van der Waals surface area contributed by atoms with E-state index in [2.05, 4.69) is 20.9 Å². The number of amides is 1. The molecule has 0 spiro atoms. The fraction of sp³-hybridized carbons (Fsp3) is 0.556. The van der Waals surface area contributed by atoms with Crippen molar-refractivity contribution in [1.29, 1.82) is 0 Å². The molecular formula is C18H26N4O. The Kier molecular flexibility index (Phi) is 4.96. The Hall–Kier alpha value is -1.88. The van der Waals surface area contributed by atoms with Crippen LogP contribution in [0.25, 0.3) is 11.0 Å². The molecule has 5 nitrogen and oxygen atoms in total. The first kappa shape index (κ1) is 16.0. The lowest BCUT2D eigenvalue weighted by molar-refractivity contribution is -0.126. The molecule has 0 aliphatic heterocycles. The molecule has 2 aromatic rings. The number of carbonyl (C=O) groups excluding carboxylic acids is 1. The summed E-state index contributed by atoms with van der Waals surface area (Å²) in [6.45, 7) is 0.702. The second-order valence-electron chi connectivity index (χ2n) is 6.59. The van der Waals surface area contributed by atoms with Crippen LogP contribution in [-0.2, 0) is 18.3 Å². The van der Waals surface area contributed by atoms with Gasteiger partial charge in [-0.3, -0.25) is 4.79 Å². The molecule has 3 N–H and O–H groups in total. The second kappa shape index (κ2) is 7.13. The van der Waals surface area contributed by atoms with Crippen molar-refractivity contribution in [3.05, 3.63) is 30.1 Å². The molecule has 1 amide bonds. The Balaban J connectivity index is 1.47. The molecule has 1 aliphatic carbocycles. The number of nitrogens with two attached hydrogens (primary N) is 1. The number of rotatable bonds is 5. The number of carbonyl (C=O) groups is 1. The van der Waals surface area contributed by atoms with Crippen molar-refractivity contribution in [2.45, 2.75) is 44.6 Å². The first-order valence-electron chi connectivity index (χ1n) is 8.59. The Morgan fingerprint density at radius 3 is 3.00 bits per heavy atom. The molecule has 1 aromatic carbocycles. The van der Waals surface area contributed by atoms with Gasteiger partial charge in [0.25, 0.3) is 0 Å².